The van der Waals surface area contributed by atoms with Crippen LogP contribution in [-0.2, 0) is 22.7 Å². The molecule has 0 saturated carbocycles. The van der Waals surface area contributed by atoms with E-state index in [9.17, 15) is 9.59 Å². The Labute approximate surface area is 171 Å². The fourth-order valence-corrected chi connectivity index (χ4v) is 3.96. The standard InChI is InChI=1S/C23H27N3O3/c27-22(11-14-26-20-9-3-4-10-21(20)29-17-23(26)28)24-15-18-7-1-2-8-19(18)16-25-12-5-6-13-25/h1-4,7-10H,5-6,11-17H2,(H,24,27). The molecule has 6 heteroatoms. The smallest absolute Gasteiger partial charge is 0.265 e. The second-order valence-electron chi connectivity index (χ2n) is 7.58. The molecule has 1 N–H and O–H groups in total. The Morgan fingerprint density at radius 1 is 1.00 bits per heavy atom. The van der Waals surface area contributed by atoms with Gasteiger partial charge in [-0.05, 0) is 49.2 Å². The molecule has 2 aliphatic rings. The number of hydrogen-bond donors (Lipinski definition) is 1. The van der Waals surface area contributed by atoms with Gasteiger partial charge in [-0.2, -0.15) is 0 Å². The van der Waals surface area contributed by atoms with E-state index in [1.54, 1.807) is 4.90 Å². The molecule has 0 spiro atoms. The van der Waals surface area contributed by atoms with Gasteiger partial charge in [-0.1, -0.05) is 36.4 Å². The second kappa shape index (κ2) is 9.09. The molecule has 0 radical (unpaired) electrons. The van der Waals surface area contributed by atoms with Crippen molar-refractivity contribution in [2.75, 3.05) is 31.1 Å². The predicted molar refractivity (Wildman–Crippen MR) is 112 cm³/mol. The van der Waals surface area contributed by atoms with Gasteiger partial charge in [0.1, 0.15) is 5.75 Å². The highest BCUT2D eigenvalue weighted by molar-refractivity contribution is 5.98. The van der Waals surface area contributed by atoms with Crippen molar-refractivity contribution in [3.8, 4) is 5.75 Å². The zero-order chi connectivity index (χ0) is 20.1. The largest absolute Gasteiger partial charge is 0.482 e. The number of carbonyl (C=O) groups excluding carboxylic acids is 2. The van der Waals surface area contributed by atoms with Gasteiger partial charge in [-0.3, -0.25) is 14.5 Å². The number of amides is 2. The SMILES string of the molecule is O=C(CCN1C(=O)COc2ccccc21)NCc1ccccc1CN1CCCC1. The summed E-state index contributed by atoms with van der Waals surface area (Å²) in [5.74, 6) is 0.508. The van der Waals surface area contributed by atoms with Gasteiger partial charge >= 0.3 is 0 Å². The van der Waals surface area contributed by atoms with Crippen molar-refractivity contribution >= 4 is 17.5 Å². The molecule has 0 aromatic heterocycles. The molecule has 0 bridgehead atoms. The van der Waals surface area contributed by atoms with Crippen LogP contribution >= 0.6 is 0 Å². The summed E-state index contributed by atoms with van der Waals surface area (Å²) in [6.07, 6.45) is 2.79. The Morgan fingerprint density at radius 3 is 2.55 bits per heavy atom. The number of rotatable bonds is 7. The summed E-state index contributed by atoms with van der Waals surface area (Å²) in [4.78, 5) is 28.8. The van der Waals surface area contributed by atoms with E-state index in [1.807, 2.05) is 30.3 Å². The van der Waals surface area contributed by atoms with E-state index in [0.717, 1.165) is 30.9 Å². The Hall–Kier alpha value is -2.86. The van der Waals surface area contributed by atoms with E-state index in [1.165, 1.54) is 18.4 Å². The van der Waals surface area contributed by atoms with Crippen LogP contribution in [0.15, 0.2) is 48.5 Å². The number of nitrogens with one attached hydrogen (secondary N) is 1. The number of carbonyl (C=O) groups is 2. The Kier molecular flexibility index (Phi) is 6.10. The summed E-state index contributed by atoms with van der Waals surface area (Å²) < 4.78 is 5.45. The number of para-hydroxylation sites is 2. The van der Waals surface area contributed by atoms with Crippen LogP contribution in [0.1, 0.15) is 30.4 Å². The summed E-state index contributed by atoms with van der Waals surface area (Å²) >= 11 is 0. The van der Waals surface area contributed by atoms with Crippen LogP contribution in [0.2, 0.25) is 0 Å². The third-order valence-electron chi connectivity index (χ3n) is 5.56. The normalized spacial score (nSPS) is 16.4. The Balaban J connectivity index is 1.31. The minimum atomic E-state index is -0.118. The monoisotopic (exact) mass is 393 g/mol. The van der Waals surface area contributed by atoms with E-state index >= 15 is 0 Å². The Morgan fingerprint density at radius 2 is 1.72 bits per heavy atom. The van der Waals surface area contributed by atoms with Crippen LogP contribution in [0.25, 0.3) is 0 Å². The summed E-state index contributed by atoms with van der Waals surface area (Å²) in [7, 11) is 0. The van der Waals surface area contributed by atoms with Crippen molar-refractivity contribution in [1.82, 2.24) is 10.2 Å². The molecule has 152 valence electrons. The highest BCUT2D eigenvalue weighted by atomic mass is 16.5. The first kappa shape index (κ1) is 19.5. The molecule has 0 aliphatic carbocycles. The average molecular weight is 393 g/mol. The molecule has 2 amide bonds. The zero-order valence-electron chi connectivity index (χ0n) is 16.6. The lowest BCUT2D eigenvalue weighted by molar-refractivity contribution is -0.122. The van der Waals surface area contributed by atoms with Crippen molar-refractivity contribution in [2.24, 2.45) is 0 Å². The first-order valence-corrected chi connectivity index (χ1v) is 10.3. The highest BCUT2D eigenvalue weighted by Crippen LogP contribution is 2.31. The molecule has 1 fully saturated rings. The molecule has 2 aromatic rings. The number of nitrogens with zero attached hydrogens (tertiary/aromatic N) is 2. The van der Waals surface area contributed by atoms with Gasteiger partial charge in [0.2, 0.25) is 5.91 Å². The van der Waals surface area contributed by atoms with Crippen molar-refractivity contribution in [1.29, 1.82) is 0 Å². The maximum absolute atomic E-state index is 12.4. The first-order chi connectivity index (χ1) is 14.2. The lowest BCUT2D eigenvalue weighted by Crippen LogP contribution is -2.41. The van der Waals surface area contributed by atoms with E-state index in [-0.39, 0.29) is 24.8 Å². The van der Waals surface area contributed by atoms with Crippen LogP contribution < -0.4 is 15.0 Å². The van der Waals surface area contributed by atoms with Crippen molar-refractivity contribution in [2.45, 2.75) is 32.4 Å². The maximum atomic E-state index is 12.4. The lowest BCUT2D eigenvalue weighted by Gasteiger charge is -2.29. The predicted octanol–water partition coefficient (Wildman–Crippen LogP) is 2.71. The number of hydrogen-bond acceptors (Lipinski definition) is 4. The summed E-state index contributed by atoms with van der Waals surface area (Å²) in [6, 6.07) is 15.7. The molecule has 2 heterocycles. The molecule has 6 nitrogen and oxygen atoms in total. The van der Waals surface area contributed by atoms with Gasteiger partial charge in [0.05, 0.1) is 5.69 Å². The van der Waals surface area contributed by atoms with Gasteiger partial charge in [0.15, 0.2) is 6.61 Å². The van der Waals surface area contributed by atoms with Crippen LogP contribution in [-0.4, -0.2) is 43.0 Å². The molecule has 4 rings (SSSR count). The first-order valence-electron chi connectivity index (χ1n) is 10.3. The van der Waals surface area contributed by atoms with Crippen molar-refractivity contribution in [3.05, 3.63) is 59.7 Å². The molecular formula is C23H27N3O3. The Bertz CT molecular complexity index is 877. The minimum Gasteiger partial charge on any atom is -0.482 e. The summed E-state index contributed by atoms with van der Waals surface area (Å²) in [5.41, 5.74) is 3.15. The quantitative estimate of drug-likeness (QED) is 0.786. The van der Waals surface area contributed by atoms with Crippen LogP contribution in [0.4, 0.5) is 5.69 Å². The number of fused-ring (bicyclic) bond motifs is 1. The van der Waals surface area contributed by atoms with Gasteiger partial charge < -0.3 is 15.0 Å². The van der Waals surface area contributed by atoms with Gasteiger partial charge in [0, 0.05) is 26.1 Å². The van der Waals surface area contributed by atoms with Gasteiger partial charge in [-0.15, -0.1) is 0 Å². The van der Waals surface area contributed by atoms with Gasteiger partial charge in [0.25, 0.3) is 5.91 Å². The molecule has 29 heavy (non-hydrogen) atoms. The third-order valence-corrected chi connectivity index (χ3v) is 5.56. The number of ether oxygens (including phenoxy) is 1. The molecule has 2 aromatic carbocycles. The van der Waals surface area contributed by atoms with E-state index in [4.69, 9.17) is 4.74 Å². The van der Waals surface area contributed by atoms with E-state index in [0.29, 0.717) is 18.8 Å². The highest BCUT2D eigenvalue weighted by Gasteiger charge is 2.25. The van der Waals surface area contributed by atoms with Crippen LogP contribution in [0, 0.1) is 0 Å². The van der Waals surface area contributed by atoms with Crippen LogP contribution in [0.5, 0.6) is 5.75 Å². The minimum absolute atomic E-state index is 0.0164. The average Bonchev–Trinajstić information content (AvgIpc) is 3.25. The summed E-state index contributed by atoms with van der Waals surface area (Å²) in [6.45, 7) is 4.11. The molecule has 0 atom stereocenters. The van der Waals surface area contributed by atoms with E-state index < -0.39 is 0 Å². The lowest BCUT2D eigenvalue weighted by atomic mass is 10.1. The molecule has 0 unspecified atom stereocenters. The van der Waals surface area contributed by atoms with Crippen molar-refractivity contribution < 1.29 is 14.3 Å². The van der Waals surface area contributed by atoms with Gasteiger partial charge in [-0.25, -0.2) is 0 Å². The fraction of sp³-hybridized carbons (Fsp3) is 0.391. The van der Waals surface area contributed by atoms with E-state index in [2.05, 4.69) is 28.4 Å². The topological polar surface area (TPSA) is 61.9 Å². The maximum Gasteiger partial charge on any atom is 0.265 e. The second-order valence-corrected chi connectivity index (χ2v) is 7.58. The number of anilines is 1. The molecule has 1 saturated heterocycles. The number of likely N-dealkylation sites (tertiary alicyclic amines) is 1. The zero-order valence-corrected chi connectivity index (χ0v) is 16.6. The third kappa shape index (κ3) is 4.77. The molecule has 2 aliphatic heterocycles. The van der Waals surface area contributed by atoms with Crippen molar-refractivity contribution in [3.63, 3.8) is 0 Å². The fourth-order valence-electron chi connectivity index (χ4n) is 3.96. The van der Waals surface area contributed by atoms with Crippen LogP contribution in [0.3, 0.4) is 0 Å². The summed E-state index contributed by atoms with van der Waals surface area (Å²) in [5, 5.41) is 3.02. The molecular weight excluding hydrogens is 366 g/mol. The number of benzene rings is 2.